The van der Waals surface area contributed by atoms with Gasteiger partial charge >= 0.3 is 8.32 Å². The number of pyridine rings is 1. The van der Waals surface area contributed by atoms with Gasteiger partial charge in [0.25, 0.3) is 0 Å². The summed E-state index contributed by atoms with van der Waals surface area (Å²) in [4.78, 5) is 4.31. The van der Waals surface area contributed by atoms with Crippen LogP contribution in [-0.2, 0) is 0 Å². The van der Waals surface area contributed by atoms with Crippen LogP contribution in [0, 0.1) is 0 Å². The maximum atomic E-state index is 9.49. The predicted octanol–water partition coefficient (Wildman–Crippen LogP) is 5.39. The number of hydrogen-bond acceptors (Lipinski definition) is 3. The normalized spacial score (nSPS) is 11.8. The van der Waals surface area contributed by atoms with Crippen molar-refractivity contribution >= 4 is 18.7 Å². The van der Waals surface area contributed by atoms with Gasteiger partial charge < -0.3 is 9.53 Å². The van der Waals surface area contributed by atoms with Crippen LogP contribution in [0.2, 0.25) is 5.04 Å². The Balaban J connectivity index is 1.79. The highest BCUT2D eigenvalue weighted by molar-refractivity contribution is 7.00. The number of benzene rings is 3. The number of aromatic nitrogens is 1. The molecule has 0 saturated carbocycles. The van der Waals surface area contributed by atoms with Crippen molar-refractivity contribution in [3.63, 3.8) is 0 Å². The van der Waals surface area contributed by atoms with E-state index in [1.807, 2.05) is 30.3 Å². The van der Waals surface area contributed by atoms with Gasteiger partial charge in [0.2, 0.25) is 0 Å². The zero-order chi connectivity index (χ0) is 21.9. The van der Waals surface area contributed by atoms with Crippen LogP contribution in [0.3, 0.4) is 0 Å². The van der Waals surface area contributed by atoms with Gasteiger partial charge in [-0.2, -0.15) is 0 Å². The molecule has 156 valence electrons. The minimum atomic E-state index is -2.64. The fourth-order valence-corrected chi connectivity index (χ4v) is 8.50. The maximum Gasteiger partial charge on any atom is 0.319 e. The van der Waals surface area contributed by atoms with Gasteiger partial charge in [0.05, 0.1) is 11.9 Å². The van der Waals surface area contributed by atoms with Crippen molar-refractivity contribution in [1.29, 1.82) is 0 Å². The summed E-state index contributed by atoms with van der Waals surface area (Å²) in [7, 11) is -2.64. The summed E-state index contributed by atoms with van der Waals surface area (Å²) < 4.78 is 7.03. The quantitative estimate of drug-likeness (QED) is 0.436. The molecular weight excluding hydrogens is 398 g/mol. The Morgan fingerprint density at radius 1 is 0.710 bits per heavy atom. The molecule has 0 fully saturated rings. The average Bonchev–Trinajstić information content (AvgIpc) is 2.79. The molecule has 31 heavy (non-hydrogen) atoms. The van der Waals surface area contributed by atoms with Crippen molar-refractivity contribution in [2.45, 2.75) is 25.8 Å². The molecule has 1 aromatic heterocycles. The smallest absolute Gasteiger partial charge is 0.319 e. The summed E-state index contributed by atoms with van der Waals surface area (Å²) in [6, 6.07) is 32.8. The Morgan fingerprint density at radius 2 is 1.26 bits per heavy atom. The molecule has 4 rings (SSSR count). The van der Waals surface area contributed by atoms with E-state index in [0.717, 1.165) is 17.0 Å². The maximum absolute atomic E-state index is 9.49. The van der Waals surface area contributed by atoms with Crippen LogP contribution in [-0.4, -0.2) is 18.4 Å². The first kappa shape index (κ1) is 20.9. The standard InChI is InChI=1S/C27H27NO2Si/c1-27(2,3)31(24-10-6-4-7-11-24,25-12-8-5-9-13-25)30-23-17-14-21(15-18-23)26-19-16-22(29)20-28-26/h4-20,29H,1-3H3. The lowest BCUT2D eigenvalue weighted by Crippen LogP contribution is -2.68. The largest absolute Gasteiger partial charge is 0.534 e. The van der Waals surface area contributed by atoms with E-state index in [0.29, 0.717) is 0 Å². The molecule has 0 atom stereocenters. The van der Waals surface area contributed by atoms with E-state index in [4.69, 9.17) is 4.43 Å². The summed E-state index contributed by atoms with van der Waals surface area (Å²) in [5, 5.41) is 11.9. The SMILES string of the molecule is CC(C)(C)[Si](Oc1ccc(-c2ccc(O)cn2)cc1)(c1ccccc1)c1ccccc1. The molecule has 0 aliphatic heterocycles. The first-order valence-electron chi connectivity index (χ1n) is 10.5. The second-order valence-corrected chi connectivity index (χ2v) is 12.9. The summed E-state index contributed by atoms with van der Waals surface area (Å²) in [5.41, 5.74) is 1.80. The molecule has 0 spiro atoms. The second-order valence-electron chi connectivity index (χ2n) is 8.69. The van der Waals surface area contributed by atoms with E-state index < -0.39 is 8.32 Å². The van der Waals surface area contributed by atoms with Crippen LogP contribution in [0.25, 0.3) is 11.3 Å². The van der Waals surface area contributed by atoms with Crippen molar-refractivity contribution < 1.29 is 9.53 Å². The van der Waals surface area contributed by atoms with Gasteiger partial charge in [0.15, 0.2) is 0 Å². The van der Waals surface area contributed by atoms with E-state index in [9.17, 15) is 5.11 Å². The van der Waals surface area contributed by atoms with Crippen molar-refractivity contribution in [1.82, 2.24) is 4.98 Å². The zero-order valence-corrected chi connectivity index (χ0v) is 19.1. The van der Waals surface area contributed by atoms with Gasteiger partial charge in [-0.05, 0) is 51.8 Å². The third-order valence-electron chi connectivity index (χ3n) is 5.59. The van der Waals surface area contributed by atoms with E-state index >= 15 is 0 Å². The molecule has 1 N–H and O–H groups in total. The summed E-state index contributed by atoms with van der Waals surface area (Å²) in [5.74, 6) is 1.01. The predicted molar refractivity (Wildman–Crippen MR) is 130 cm³/mol. The fraction of sp³-hybridized carbons (Fsp3) is 0.148. The molecule has 0 amide bonds. The molecule has 3 aromatic carbocycles. The summed E-state index contributed by atoms with van der Waals surface area (Å²) >= 11 is 0. The lowest BCUT2D eigenvalue weighted by Gasteiger charge is -2.43. The Hall–Kier alpha value is -3.37. The molecule has 0 saturated heterocycles. The molecule has 1 heterocycles. The minimum absolute atomic E-state index is 0.0904. The van der Waals surface area contributed by atoms with E-state index in [1.54, 1.807) is 6.07 Å². The average molecular weight is 426 g/mol. The molecule has 3 nitrogen and oxygen atoms in total. The van der Waals surface area contributed by atoms with E-state index in [2.05, 4.69) is 86.4 Å². The summed E-state index contributed by atoms with van der Waals surface area (Å²) in [6.45, 7) is 6.82. The molecular formula is C27H27NO2Si. The van der Waals surface area contributed by atoms with Crippen LogP contribution in [0.5, 0.6) is 11.5 Å². The fourth-order valence-electron chi connectivity index (χ4n) is 4.08. The molecule has 0 unspecified atom stereocenters. The number of rotatable bonds is 5. The molecule has 0 bridgehead atoms. The number of nitrogens with zero attached hydrogens (tertiary/aromatic N) is 1. The van der Waals surface area contributed by atoms with Crippen molar-refractivity contribution in [2.75, 3.05) is 0 Å². The number of hydrogen-bond donors (Lipinski definition) is 1. The molecule has 0 radical (unpaired) electrons. The molecule has 0 aliphatic rings. The van der Waals surface area contributed by atoms with Gasteiger partial charge in [-0.1, -0.05) is 81.4 Å². The minimum Gasteiger partial charge on any atom is -0.534 e. The first-order chi connectivity index (χ1) is 14.9. The van der Waals surface area contributed by atoms with Crippen LogP contribution in [0.15, 0.2) is 103 Å². The van der Waals surface area contributed by atoms with Crippen LogP contribution in [0.4, 0.5) is 0 Å². The highest BCUT2D eigenvalue weighted by Gasteiger charge is 2.52. The second kappa shape index (κ2) is 8.40. The Kier molecular flexibility index (Phi) is 5.66. The van der Waals surface area contributed by atoms with Crippen LogP contribution < -0.4 is 14.8 Å². The topological polar surface area (TPSA) is 42.4 Å². The van der Waals surface area contributed by atoms with Crippen molar-refractivity contribution in [3.8, 4) is 22.8 Å². The van der Waals surface area contributed by atoms with Crippen LogP contribution >= 0.6 is 0 Å². The highest BCUT2D eigenvalue weighted by Crippen LogP contribution is 2.37. The zero-order valence-electron chi connectivity index (χ0n) is 18.1. The van der Waals surface area contributed by atoms with Crippen molar-refractivity contribution in [3.05, 3.63) is 103 Å². The first-order valence-corrected chi connectivity index (χ1v) is 12.4. The lowest BCUT2D eigenvalue weighted by molar-refractivity contribution is 0.473. The molecule has 4 heteroatoms. The summed E-state index contributed by atoms with van der Waals surface area (Å²) in [6.07, 6.45) is 1.46. The van der Waals surface area contributed by atoms with Crippen molar-refractivity contribution in [2.24, 2.45) is 0 Å². The van der Waals surface area contributed by atoms with Gasteiger partial charge in [0.1, 0.15) is 11.5 Å². The van der Waals surface area contributed by atoms with Gasteiger partial charge in [-0.15, -0.1) is 0 Å². The van der Waals surface area contributed by atoms with Gasteiger partial charge in [-0.25, -0.2) is 0 Å². The molecule has 0 aliphatic carbocycles. The lowest BCUT2D eigenvalue weighted by atomic mass is 10.1. The van der Waals surface area contributed by atoms with Gasteiger partial charge in [-0.3, -0.25) is 4.98 Å². The highest BCUT2D eigenvalue weighted by atomic mass is 28.4. The Labute approximate surface area is 185 Å². The Bertz CT molecular complexity index is 1080. The molecule has 4 aromatic rings. The van der Waals surface area contributed by atoms with E-state index in [1.165, 1.54) is 16.6 Å². The Morgan fingerprint density at radius 3 is 1.71 bits per heavy atom. The van der Waals surface area contributed by atoms with E-state index in [-0.39, 0.29) is 10.8 Å². The third kappa shape index (κ3) is 4.12. The van der Waals surface area contributed by atoms with Gasteiger partial charge in [0, 0.05) is 5.56 Å². The van der Waals surface area contributed by atoms with Crippen LogP contribution in [0.1, 0.15) is 20.8 Å². The monoisotopic (exact) mass is 425 g/mol. The number of aromatic hydroxyl groups is 1. The third-order valence-corrected chi connectivity index (χ3v) is 10.5.